The van der Waals surface area contributed by atoms with E-state index < -0.39 is 0 Å². The first-order valence-electron chi connectivity index (χ1n) is 10.4. The van der Waals surface area contributed by atoms with E-state index in [0.717, 1.165) is 87.4 Å². The molecular formula is C22H36N4O3. The Labute approximate surface area is 175 Å². The monoisotopic (exact) mass is 404 g/mol. The zero-order valence-electron chi connectivity index (χ0n) is 18.1. The lowest BCUT2D eigenvalue weighted by Crippen LogP contribution is -2.40. The van der Waals surface area contributed by atoms with Crippen LogP contribution in [0.1, 0.15) is 24.5 Å². The van der Waals surface area contributed by atoms with E-state index in [1.54, 1.807) is 14.2 Å². The summed E-state index contributed by atoms with van der Waals surface area (Å²) >= 11 is 0. The number of nitrogens with one attached hydrogen (secondary N) is 2. The number of guanidine groups is 1. The molecule has 29 heavy (non-hydrogen) atoms. The van der Waals surface area contributed by atoms with Crippen molar-refractivity contribution >= 4 is 5.96 Å². The molecule has 1 fully saturated rings. The summed E-state index contributed by atoms with van der Waals surface area (Å²) in [6.07, 6.45) is 3.66. The topological polar surface area (TPSA) is 67.4 Å². The van der Waals surface area contributed by atoms with Gasteiger partial charge >= 0.3 is 0 Å². The fourth-order valence-corrected chi connectivity index (χ4v) is 3.35. The lowest BCUT2D eigenvalue weighted by Gasteiger charge is -2.26. The van der Waals surface area contributed by atoms with Crippen molar-refractivity contribution in [2.75, 3.05) is 60.2 Å². The molecule has 162 valence electrons. The van der Waals surface area contributed by atoms with E-state index in [9.17, 15) is 0 Å². The van der Waals surface area contributed by atoms with E-state index in [-0.39, 0.29) is 0 Å². The van der Waals surface area contributed by atoms with Crippen LogP contribution in [0.4, 0.5) is 0 Å². The minimum Gasteiger partial charge on any atom is -0.493 e. The normalized spacial score (nSPS) is 15.1. The first kappa shape index (κ1) is 23.0. The highest BCUT2D eigenvalue weighted by Gasteiger charge is 2.12. The number of hydrogen-bond donors (Lipinski definition) is 2. The molecule has 0 amide bonds. The Kier molecular flexibility index (Phi) is 10.4. The van der Waals surface area contributed by atoms with Crippen molar-refractivity contribution in [1.82, 2.24) is 15.5 Å². The third kappa shape index (κ3) is 7.59. The molecule has 0 unspecified atom stereocenters. The van der Waals surface area contributed by atoms with Crippen molar-refractivity contribution in [3.05, 3.63) is 35.9 Å². The summed E-state index contributed by atoms with van der Waals surface area (Å²) in [7, 11) is 3.31. The number of nitrogens with zero attached hydrogens (tertiary/aromatic N) is 2. The van der Waals surface area contributed by atoms with Gasteiger partial charge in [-0.05, 0) is 44.0 Å². The average molecular weight is 405 g/mol. The van der Waals surface area contributed by atoms with Gasteiger partial charge in [0.25, 0.3) is 0 Å². The zero-order valence-corrected chi connectivity index (χ0v) is 18.1. The Morgan fingerprint density at radius 3 is 2.69 bits per heavy atom. The first-order chi connectivity index (χ1) is 14.2. The Balaban J connectivity index is 1.95. The van der Waals surface area contributed by atoms with Gasteiger partial charge in [0.05, 0.1) is 34.0 Å². The van der Waals surface area contributed by atoms with Crippen LogP contribution in [0.2, 0.25) is 0 Å². The second-order valence-electron chi connectivity index (χ2n) is 6.91. The van der Waals surface area contributed by atoms with Crippen molar-refractivity contribution < 1.29 is 14.2 Å². The summed E-state index contributed by atoms with van der Waals surface area (Å²) in [4.78, 5) is 7.18. The fourth-order valence-electron chi connectivity index (χ4n) is 3.35. The van der Waals surface area contributed by atoms with Crippen LogP contribution in [-0.2, 0) is 17.7 Å². The average Bonchev–Trinajstić information content (AvgIpc) is 2.75. The summed E-state index contributed by atoms with van der Waals surface area (Å²) < 4.78 is 16.4. The molecule has 1 saturated heterocycles. The van der Waals surface area contributed by atoms with Crippen LogP contribution in [0.3, 0.4) is 0 Å². The smallest absolute Gasteiger partial charge is 0.191 e. The molecule has 0 bridgehead atoms. The molecule has 2 rings (SSSR count). The van der Waals surface area contributed by atoms with Gasteiger partial charge in [-0.15, -0.1) is 6.58 Å². The summed E-state index contributed by atoms with van der Waals surface area (Å²) in [5.41, 5.74) is 2.13. The van der Waals surface area contributed by atoms with Crippen LogP contribution >= 0.6 is 0 Å². The number of benzene rings is 1. The van der Waals surface area contributed by atoms with E-state index in [2.05, 4.69) is 35.1 Å². The molecule has 0 saturated carbocycles. The number of morpholine rings is 1. The maximum absolute atomic E-state index is 5.51. The van der Waals surface area contributed by atoms with E-state index in [0.29, 0.717) is 6.54 Å². The molecule has 0 aromatic heterocycles. The highest BCUT2D eigenvalue weighted by molar-refractivity contribution is 5.79. The summed E-state index contributed by atoms with van der Waals surface area (Å²) in [5, 5.41) is 6.75. The minimum absolute atomic E-state index is 0.559. The van der Waals surface area contributed by atoms with Gasteiger partial charge in [-0.1, -0.05) is 6.08 Å². The third-order valence-corrected chi connectivity index (χ3v) is 4.79. The molecule has 1 aliphatic rings. The van der Waals surface area contributed by atoms with Crippen molar-refractivity contribution in [3.63, 3.8) is 0 Å². The van der Waals surface area contributed by atoms with Gasteiger partial charge < -0.3 is 24.8 Å². The van der Waals surface area contributed by atoms with E-state index in [1.165, 1.54) is 0 Å². The highest BCUT2D eigenvalue weighted by Crippen LogP contribution is 2.33. The van der Waals surface area contributed by atoms with Crippen LogP contribution in [0.5, 0.6) is 11.5 Å². The van der Waals surface area contributed by atoms with Gasteiger partial charge in [0.2, 0.25) is 0 Å². The van der Waals surface area contributed by atoms with Crippen LogP contribution in [0.15, 0.2) is 29.8 Å². The van der Waals surface area contributed by atoms with Crippen molar-refractivity contribution in [1.29, 1.82) is 0 Å². The van der Waals surface area contributed by atoms with Gasteiger partial charge in [-0.3, -0.25) is 4.90 Å². The summed E-state index contributed by atoms with van der Waals surface area (Å²) in [5.74, 6) is 2.31. The largest absolute Gasteiger partial charge is 0.493 e. The van der Waals surface area contributed by atoms with Gasteiger partial charge in [0.1, 0.15) is 0 Å². The Bertz CT molecular complexity index is 658. The quantitative estimate of drug-likeness (QED) is 0.255. The predicted octanol–water partition coefficient (Wildman–Crippen LogP) is 2.21. The fraction of sp³-hybridized carbons (Fsp3) is 0.591. The highest BCUT2D eigenvalue weighted by atomic mass is 16.5. The van der Waals surface area contributed by atoms with E-state index >= 15 is 0 Å². The van der Waals surface area contributed by atoms with Gasteiger partial charge in [0.15, 0.2) is 17.5 Å². The maximum atomic E-state index is 5.51. The molecule has 0 atom stereocenters. The zero-order chi connectivity index (χ0) is 20.9. The molecule has 2 N–H and O–H groups in total. The van der Waals surface area contributed by atoms with Crippen molar-refractivity contribution in [2.45, 2.75) is 26.3 Å². The number of ether oxygens (including phenoxy) is 3. The number of allylic oxidation sites excluding steroid dienone is 1. The maximum Gasteiger partial charge on any atom is 0.191 e. The third-order valence-electron chi connectivity index (χ3n) is 4.79. The second kappa shape index (κ2) is 13.1. The van der Waals surface area contributed by atoms with Crippen LogP contribution < -0.4 is 20.1 Å². The van der Waals surface area contributed by atoms with E-state index in [4.69, 9.17) is 19.2 Å². The molecule has 7 heteroatoms. The Morgan fingerprint density at radius 2 is 2.03 bits per heavy atom. The molecule has 1 aliphatic heterocycles. The minimum atomic E-state index is 0.559. The second-order valence-corrected chi connectivity index (χ2v) is 6.91. The number of aliphatic imine (C=N–C) groups is 1. The number of methoxy groups -OCH3 is 2. The summed E-state index contributed by atoms with van der Waals surface area (Å²) in [6.45, 7) is 13.0. The van der Waals surface area contributed by atoms with Crippen molar-refractivity contribution in [2.24, 2.45) is 4.99 Å². The lowest BCUT2D eigenvalue weighted by molar-refractivity contribution is 0.0376. The van der Waals surface area contributed by atoms with Gasteiger partial charge in [-0.2, -0.15) is 0 Å². The molecule has 7 nitrogen and oxygen atoms in total. The summed E-state index contributed by atoms with van der Waals surface area (Å²) in [6, 6.07) is 4.09. The number of rotatable bonds is 11. The molecular weight excluding hydrogens is 368 g/mol. The molecule has 1 aromatic carbocycles. The Morgan fingerprint density at radius 1 is 1.24 bits per heavy atom. The molecule has 1 aromatic rings. The molecule has 0 spiro atoms. The van der Waals surface area contributed by atoms with Crippen LogP contribution in [0, 0.1) is 0 Å². The molecule has 0 aliphatic carbocycles. The predicted molar refractivity (Wildman–Crippen MR) is 118 cm³/mol. The lowest BCUT2D eigenvalue weighted by atomic mass is 10.1. The van der Waals surface area contributed by atoms with Crippen molar-refractivity contribution in [3.8, 4) is 11.5 Å². The molecule has 1 heterocycles. The Hall–Kier alpha value is -2.25. The van der Waals surface area contributed by atoms with Gasteiger partial charge in [0, 0.05) is 31.7 Å². The van der Waals surface area contributed by atoms with Crippen LogP contribution in [0.25, 0.3) is 0 Å². The SMILES string of the molecule is C=CCc1cc(CN=C(NCC)NCCCN2CCOCC2)cc(OC)c1OC. The molecule has 0 radical (unpaired) electrons. The van der Waals surface area contributed by atoms with E-state index in [1.807, 2.05) is 12.1 Å². The van der Waals surface area contributed by atoms with Gasteiger partial charge in [-0.25, -0.2) is 4.99 Å². The van der Waals surface area contributed by atoms with Crippen LogP contribution in [-0.4, -0.2) is 71.0 Å². The standard InChI is InChI=1S/C22H36N4O3/c1-5-8-19-15-18(16-20(27-3)21(19)28-4)17-25-22(23-6-2)24-9-7-10-26-11-13-29-14-12-26/h5,15-16H,1,6-14,17H2,2-4H3,(H2,23,24,25). The number of hydrogen-bond acceptors (Lipinski definition) is 5. The first-order valence-corrected chi connectivity index (χ1v) is 10.4.